The predicted molar refractivity (Wildman–Crippen MR) is 52.9 cm³/mol. The minimum Gasteiger partial charge on any atom is -0.301 e. The van der Waals surface area contributed by atoms with Crippen LogP contribution in [0.3, 0.4) is 0 Å². The molecule has 0 unspecified atom stereocenters. The number of nitrogens with zero attached hydrogens (tertiary/aromatic N) is 1. The number of hydrogen-bond acceptors (Lipinski definition) is 3. The Balaban J connectivity index is 2.85. The summed E-state index contributed by atoms with van der Waals surface area (Å²) >= 11 is 1.41. The zero-order valence-corrected chi connectivity index (χ0v) is 7.79. The van der Waals surface area contributed by atoms with Crippen LogP contribution >= 0.6 is 11.3 Å². The smallest absolute Gasteiger partial charge is 0.251 e. The van der Waals surface area contributed by atoms with Gasteiger partial charge in [-0.05, 0) is 23.6 Å². The monoisotopic (exact) mass is 195 g/mol. The summed E-state index contributed by atoms with van der Waals surface area (Å²) in [4.78, 5) is 22.9. The van der Waals surface area contributed by atoms with Crippen LogP contribution in [0.5, 0.6) is 0 Å². The van der Waals surface area contributed by atoms with Crippen LogP contribution in [0.4, 0.5) is 5.00 Å². The van der Waals surface area contributed by atoms with E-state index >= 15 is 0 Å². The predicted octanol–water partition coefficient (Wildman–Crippen LogP) is 1.47. The SMILES string of the molecule is C=CC(=O)N(CC=O)c1cccs1. The number of anilines is 1. The molecule has 0 aliphatic heterocycles. The molecule has 13 heavy (non-hydrogen) atoms. The van der Waals surface area contributed by atoms with Crippen molar-refractivity contribution in [2.24, 2.45) is 0 Å². The average molecular weight is 195 g/mol. The Morgan fingerprint density at radius 1 is 1.69 bits per heavy atom. The van der Waals surface area contributed by atoms with Gasteiger partial charge in [0.25, 0.3) is 5.91 Å². The van der Waals surface area contributed by atoms with Crippen LogP contribution in [0, 0.1) is 0 Å². The summed E-state index contributed by atoms with van der Waals surface area (Å²) in [5.74, 6) is -0.255. The summed E-state index contributed by atoms with van der Waals surface area (Å²) in [6, 6.07) is 3.61. The minimum absolute atomic E-state index is 0.0748. The van der Waals surface area contributed by atoms with Gasteiger partial charge >= 0.3 is 0 Å². The quantitative estimate of drug-likeness (QED) is 0.539. The van der Waals surface area contributed by atoms with Crippen LogP contribution in [0.1, 0.15) is 0 Å². The Bertz CT molecular complexity index is 305. The van der Waals surface area contributed by atoms with Crippen molar-refractivity contribution >= 4 is 28.5 Å². The van der Waals surface area contributed by atoms with E-state index < -0.39 is 0 Å². The van der Waals surface area contributed by atoms with Crippen LogP contribution in [0.25, 0.3) is 0 Å². The first kappa shape index (κ1) is 9.67. The number of rotatable bonds is 4. The zero-order chi connectivity index (χ0) is 9.68. The van der Waals surface area contributed by atoms with Crippen LogP contribution < -0.4 is 4.90 Å². The molecular weight excluding hydrogens is 186 g/mol. The number of carbonyl (C=O) groups excluding carboxylic acids is 2. The van der Waals surface area contributed by atoms with E-state index in [1.54, 1.807) is 6.07 Å². The second kappa shape index (κ2) is 4.57. The van der Waals surface area contributed by atoms with Crippen LogP contribution in [-0.4, -0.2) is 18.7 Å². The fraction of sp³-hybridized carbons (Fsp3) is 0.111. The van der Waals surface area contributed by atoms with Crippen LogP contribution in [-0.2, 0) is 9.59 Å². The molecular formula is C9H9NO2S. The Morgan fingerprint density at radius 3 is 2.92 bits per heavy atom. The lowest BCUT2D eigenvalue weighted by molar-refractivity contribution is -0.115. The topological polar surface area (TPSA) is 37.4 Å². The highest BCUT2D eigenvalue weighted by Crippen LogP contribution is 2.20. The standard InChI is InChI=1S/C9H9NO2S/c1-2-8(12)10(5-6-11)9-4-3-7-13-9/h2-4,6-7H,1,5H2. The molecule has 0 N–H and O–H groups in total. The first-order chi connectivity index (χ1) is 6.29. The van der Waals surface area contributed by atoms with Gasteiger partial charge in [-0.25, -0.2) is 0 Å². The number of amides is 1. The van der Waals surface area contributed by atoms with Crippen molar-refractivity contribution in [1.82, 2.24) is 0 Å². The molecule has 0 saturated carbocycles. The van der Waals surface area contributed by atoms with Gasteiger partial charge in [0.1, 0.15) is 6.29 Å². The van der Waals surface area contributed by atoms with Gasteiger partial charge in [0.2, 0.25) is 0 Å². The van der Waals surface area contributed by atoms with Crippen LogP contribution in [0.2, 0.25) is 0 Å². The second-order valence-electron chi connectivity index (χ2n) is 2.27. The molecule has 4 heteroatoms. The summed E-state index contributed by atoms with van der Waals surface area (Å²) in [7, 11) is 0. The molecule has 1 amide bonds. The van der Waals surface area contributed by atoms with Crippen molar-refractivity contribution in [3.63, 3.8) is 0 Å². The molecule has 0 radical (unpaired) electrons. The van der Waals surface area contributed by atoms with E-state index in [-0.39, 0.29) is 12.5 Å². The fourth-order valence-corrected chi connectivity index (χ4v) is 1.64. The molecule has 0 saturated heterocycles. The Kier molecular flexibility index (Phi) is 3.40. The Morgan fingerprint density at radius 2 is 2.46 bits per heavy atom. The summed E-state index contributed by atoms with van der Waals surface area (Å²) in [6.45, 7) is 3.45. The van der Waals surface area contributed by atoms with Crippen molar-refractivity contribution in [2.75, 3.05) is 11.4 Å². The minimum atomic E-state index is -0.255. The highest BCUT2D eigenvalue weighted by atomic mass is 32.1. The maximum Gasteiger partial charge on any atom is 0.251 e. The van der Waals surface area contributed by atoms with Gasteiger partial charge in [-0.3, -0.25) is 9.69 Å². The van der Waals surface area contributed by atoms with E-state index in [1.165, 1.54) is 22.3 Å². The van der Waals surface area contributed by atoms with Gasteiger partial charge in [-0.15, -0.1) is 11.3 Å². The zero-order valence-electron chi connectivity index (χ0n) is 6.97. The average Bonchev–Trinajstić information content (AvgIpc) is 2.65. The lowest BCUT2D eigenvalue weighted by Gasteiger charge is -2.15. The van der Waals surface area contributed by atoms with E-state index in [2.05, 4.69) is 6.58 Å². The Labute approximate surface area is 80.3 Å². The number of carbonyl (C=O) groups is 2. The van der Waals surface area contributed by atoms with Gasteiger partial charge in [-0.2, -0.15) is 0 Å². The molecule has 1 aromatic heterocycles. The van der Waals surface area contributed by atoms with E-state index in [0.29, 0.717) is 6.29 Å². The molecule has 0 spiro atoms. The van der Waals surface area contributed by atoms with Gasteiger partial charge in [0, 0.05) is 0 Å². The summed E-state index contributed by atoms with van der Waals surface area (Å²) in [6.07, 6.45) is 1.89. The van der Waals surface area contributed by atoms with Crippen molar-refractivity contribution < 1.29 is 9.59 Å². The highest BCUT2D eigenvalue weighted by Gasteiger charge is 2.12. The first-order valence-corrected chi connectivity index (χ1v) is 4.58. The fourth-order valence-electron chi connectivity index (χ4n) is 0.897. The normalized spacial score (nSPS) is 9.23. The summed E-state index contributed by atoms with van der Waals surface area (Å²) < 4.78 is 0. The summed E-state index contributed by atoms with van der Waals surface area (Å²) in [5, 5.41) is 2.61. The molecule has 0 bridgehead atoms. The van der Waals surface area contributed by atoms with Crippen molar-refractivity contribution in [3.05, 3.63) is 30.2 Å². The second-order valence-corrected chi connectivity index (χ2v) is 3.20. The molecule has 3 nitrogen and oxygen atoms in total. The molecule has 1 aromatic rings. The van der Waals surface area contributed by atoms with E-state index in [1.807, 2.05) is 11.4 Å². The van der Waals surface area contributed by atoms with E-state index in [0.717, 1.165) is 5.00 Å². The highest BCUT2D eigenvalue weighted by molar-refractivity contribution is 7.14. The molecule has 1 heterocycles. The molecule has 0 fully saturated rings. The third-order valence-electron chi connectivity index (χ3n) is 1.47. The van der Waals surface area contributed by atoms with Crippen molar-refractivity contribution in [3.8, 4) is 0 Å². The number of thiophene rings is 1. The lowest BCUT2D eigenvalue weighted by Crippen LogP contribution is -2.30. The third kappa shape index (κ3) is 2.26. The molecule has 0 aromatic carbocycles. The first-order valence-electron chi connectivity index (χ1n) is 3.70. The van der Waals surface area contributed by atoms with Crippen molar-refractivity contribution in [1.29, 1.82) is 0 Å². The molecule has 68 valence electrons. The van der Waals surface area contributed by atoms with Gasteiger partial charge in [-0.1, -0.05) is 6.58 Å². The number of aldehydes is 1. The summed E-state index contributed by atoms with van der Waals surface area (Å²) in [5.41, 5.74) is 0. The van der Waals surface area contributed by atoms with E-state index in [4.69, 9.17) is 0 Å². The van der Waals surface area contributed by atoms with Crippen LogP contribution in [0.15, 0.2) is 30.2 Å². The van der Waals surface area contributed by atoms with E-state index in [9.17, 15) is 9.59 Å². The maximum absolute atomic E-state index is 11.3. The van der Waals surface area contributed by atoms with Crippen molar-refractivity contribution in [2.45, 2.75) is 0 Å². The maximum atomic E-state index is 11.3. The lowest BCUT2D eigenvalue weighted by atomic mass is 10.4. The largest absolute Gasteiger partial charge is 0.301 e. The molecule has 0 aliphatic rings. The third-order valence-corrected chi connectivity index (χ3v) is 2.36. The molecule has 1 rings (SSSR count). The van der Waals surface area contributed by atoms with Gasteiger partial charge in [0.15, 0.2) is 0 Å². The van der Waals surface area contributed by atoms with Gasteiger partial charge in [0.05, 0.1) is 11.5 Å². The van der Waals surface area contributed by atoms with Gasteiger partial charge < -0.3 is 4.79 Å². The molecule has 0 atom stereocenters. The molecule has 0 aliphatic carbocycles. The number of hydrogen-bond donors (Lipinski definition) is 0. The Hall–Kier alpha value is -1.42.